The quantitative estimate of drug-likeness (QED) is 0.878. The van der Waals surface area contributed by atoms with Crippen LogP contribution in [0.15, 0.2) is 11.1 Å². The van der Waals surface area contributed by atoms with Crippen LogP contribution in [0.3, 0.4) is 0 Å². The molecule has 2 fully saturated rings. The van der Waals surface area contributed by atoms with Crippen molar-refractivity contribution in [1.82, 2.24) is 19.4 Å². The van der Waals surface area contributed by atoms with Crippen LogP contribution in [0.2, 0.25) is 0 Å². The van der Waals surface area contributed by atoms with Crippen LogP contribution in [0.25, 0.3) is 0 Å². The summed E-state index contributed by atoms with van der Waals surface area (Å²) in [6, 6.07) is 0.542. The van der Waals surface area contributed by atoms with Crippen LogP contribution in [-0.4, -0.2) is 60.5 Å². The van der Waals surface area contributed by atoms with E-state index in [-0.39, 0.29) is 0 Å². The van der Waals surface area contributed by atoms with Crippen LogP contribution >= 0.6 is 0 Å². The van der Waals surface area contributed by atoms with Crippen molar-refractivity contribution in [3.63, 3.8) is 0 Å². The molecule has 1 N–H and O–H groups in total. The fourth-order valence-corrected chi connectivity index (χ4v) is 5.21. The summed E-state index contributed by atoms with van der Waals surface area (Å²) < 4.78 is 27.0. The molecule has 2 aliphatic heterocycles. The molecule has 0 amide bonds. The SMILES string of the molecule is Cc1[nH]ncc1S(=O)(=O)N1CCC2C(CCCN2C)C1. The third-order valence-electron chi connectivity index (χ3n) is 4.71. The molecule has 112 valence electrons. The van der Waals surface area contributed by atoms with Crippen LogP contribution in [0.5, 0.6) is 0 Å². The fraction of sp³-hybridized carbons (Fsp3) is 0.769. The number of hydrogen-bond donors (Lipinski definition) is 1. The molecular formula is C13H22N4O2S. The summed E-state index contributed by atoms with van der Waals surface area (Å²) in [5, 5.41) is 6.55. The van der Waals surface area contributed by atoms with Crippen LogP contribution in [-0.2, 0) is 10.0 Å². The molecule has 6 nitrogen and oxygen atoms in total. The lowest BCUT2D eigenvalue weighted by Crippen LogP contribution is -2.53. The Kier molecular flexibility index (Phi) is 3.60. The van der Waals surface area contributed by atoms with E-state index in [0.29, 0.717) is 35.6 Å². The van der Waals surface area contributed by atoms with E-state index in [2.05, 4.69) is 22.1 Å². The van der Waals surface area contributed by atoms with E-state index in [1.165, 1.54) is 6.20 Å². The molecule has 3 rings (SSSR count). The van der Waals surface area contributed by atoms with Crippen molar-refractivity contribution in [3.8, 4) is 0 Å². The number of nitrogens with zero attached hydrogens (tertiary/aromatic N) is 3. The highest BCUT2D eigenvalue weighted by molar-refractivity contribution is 7.89. The zero-order chi connectivity index (χ0) is 14.3. The third-order valence-corrected chi connectivity index (χ3v) is 6.69. The van der Waals surface area contributed by atoms with Crippen LogP contribution < -0.4 is 0 Å². The minimum absolute atomic E-state index is 0.320. The molecule has 3 heterocycles. The molecule has 0 aromatic carbocycles. The highest BCUT2D eigenvalue weighted by Gasteiger charge is 2.39. The third kappa shape index (κ3) is 2.27. The highest BCUT2D eigenvalue weighted by atomic mass is 32.2. The Morgan fingerprint density at radius 2 is 2.15 bits per heavy atom. The van der Waals surface area contributed by atoms with Crippen molar-refractivity contribution >= 4 is 10.0 Å². The molecule has 7 heteroatoms. The number of nitrogens with one attached hydrogen (secondary N) is 1. The fourth-order valence-electron chi connectivity index (χ4n) is 3.58. The van der Waals surface area contributed by atoms with E-state index in [0.717, 1.165) is 25.8 Å². The van der Waals surface area contributed by atoms with E-state index >= 15 is 0 Å². The van der Waals surface area contributed by atoms with Gasteiger partial charge in [-0.05, 0) is 45.7 Å². The predicted molar refractivity (Wildman–Crippen MR) is 75.8 cm³/mol. The van der Waals surface area contributed by atoms with Gasteiger partial charge in [0.2, 0.25) is 10.0 Å². The van der Waals surface area contributed by atoms with Crippen molar-refractivity contribution in [2.45, 2.75) is 37.1 Å². The minimum Gasteiger partial charge on any atom is -0.303 e. The number of H-pyrrole nitrogens is 1. The van der Waals surface area contributed by atoms with Gasteiger partial charge >= 0.3 is 0 Å². The predicted octanol–water partition coefficient (Wildman–Crippen LogP) is 0.823. The maximum atomic E-state index is 12.7. The largest absolute Gasteiger partial charge is 0.303 e. The molecule has 1 aromatic heterocycles. The molecule has 1 aromatic rings. The van der Waals surface area contributed by atoms with Crippen molar-refractivity contribution in [2.24, 2.45) is 5.92 Å². The highest BCUT2D eigenvalue weighted by Crippen LogP contribution is 2.32. The zero-order valence-electron chi connectivity index (χ0n) is 12.0. The average Bonchev–Trinajstić information content (AvgIpc) is 2.85. The summed E-state index contributed by atoms with van der Waals surface area (Å²) in [7, 11) is -1.24. The van der Waals surface area contributed by atoms with Gasteiger partial charge in [0, 0.05) is 19.1 Å². The molecule has 2 saturated heterocycles. The van der Waals surface area contributed by atoms with Crippen LogP contribution in [0.4, 0.5) is 0 Å². The summed E-state index contributed by atoms with van der Waals surface area (Å²) in [6.45, 7) is 4.14. The Morgan fingerprint density at radius 1 is 1.35 bits per heavy atom. The monoisotopic (exact) mass is 298 g/mol. The van der Waals surface area contributed by atoms with Crippen molar-refractivity contribution in [2.75, 3.05) is 26.7 Å². The number of likely N-dealkylation sites (tertiary alicyclic amines) is 1. The molecule has 0 aliphatic carbocycles. The smallest absolute Gasteiger partial charge is 0.246 e. The van der Waals surface area contributed by atoms with Gasteiger partial charge in [-0.3, -0.25) is 5.10 Å². The van der Waals surface area contributed by atoms with E-state index < -0.39 is 10.0 Å². The first-order valence-corrected chi connectivity index (χ1v) is 8.64. The Morgan fingerprint density at radius 3 is 2.85 bits per heavy atom. The van der Waals surface area contributed by atoms with E-state index in [9.17, 15) is 8.42 Å². The van der Waals surface area contributed by atoms with Gasteiger partial charge in [0.1, 0.15) is 4.90 Å². The number of sulfonamides is 1. The molecule has 20 heavy (non-hydrogen) atoms. The summed E-state index contributed by atoms with van der Waals surface area (Å²) in [6.07, 6.45) is 4.64. The second-order valence-corrected chi connectivity index (χ2v) is 7.87. The first kappa shape index (κ1) is 14.0. The lowest BCUT2D eigenvalue weighted by atomic mass is 9.85. The number of hydrogen-bond acceptors (Lipinski definition) is 4. The number of piperidine rings is 2. The maximum Gasteiger partial charge on any atom is 0.246 e. The first-order valence-electron chi connectivity index (χ1n) is 7.20. The lowest BCUT2D eigenvalue weighted by Gasteiger charge is -2.45. The number of aryl methyl sites for hydroxylation is 1. The molecule has 0 radical (unpaired) electrons. The van der Waals surface area contributed by atoms with Gasteiger partial charge < -0.3 is 4.90 Å². The summed E-state index contributed by atoms with van der Waals surface area (Å²) in [5.74, 6) is 0.462. The van der Waals surface area contributed by atoms with Gasteiger partial charge in [0.25, 0.3) is 0 Å². The molecule has 2 atom stereocenters. The lowest BCUT2D eigenvalue weighted by molar-refractivity contribution is 0.0671. The molecule has 2 unspecified atom stereocenters. The first-order chi connectivity index (χ1) is 9.50. The number of aromatic amines is 1. The Balaban J connectivity index is 1.81. The molecule has 0 saturated carbocycles. The standard InChI is InChI=1S/C13H22N4O2S/c1-10-13(8-14-15-10)20(18,19)17-7-5-12-11(9-17)4-3-6-16(12)2/h8,11-12H,3-7,9H2,1-2H3,(H,14,15). The van der Waals surface area contributed by atoms with Gasteiger partial charge in [-0.2, -0.15) is 9.40 Å². The average molecular weight is 298 g/mol. The number of rotatable bonds is 2. The summed E-state index contributed by atoms with van der Waals surface area (Å²) >= 11 is 0. The van der Waals surface area contributed by atoms with Gasteiger partial charge in [0.15, 0.2) is 0 Å². The Labute approximate surface area is 120 Å². The number of aromatic nitrogens is 2. The van der Waals surface area contributed by atoms with E-state index in [4.69, 9.17) is 0 Å². The summed E-state index contributed by atoms with van der Waals surface area (Å²) in [5.41, 5.74) is 0.618. The molecule has 0 spiro atoms. The molecule has 2 aliphatic rings. The summed E-state index contributed by atoms with van der Waals surface area (Å²) in [4.78, 5) is 2.71. The normalized spacial score (nSPS) is 29.3. The van der Waals surface area contributed by atoms with Crippen molar-refractivity contribution in [1.29, 1.82) is 0 Å². The zero-order valence-corrected chi connectivity index (χ0v) is 12.9. The van der Waals surface area contributed by atoms with Crippen molar-refractivity contribution in [3.05, 3.63) is 11.9 Å². The van der Waals surface area contributed by atoms with Crippen LogP contribution in [0, 0.1) is 12.8 Å². The van der Waals surface area contributed by atoms with Gasteiger partial charge in [0.05, 0.1) is 11.9 Å². The van der Waals surface area contributed by atoms with E-state index in [1.807, 2.05) is 0 Å². The van der Waals surface area contributed by atoms with Gasteiger partial charge in [-0.15, -0.1) is 0 Å². The molecule has 0 bridgehead atoms. The van der Waals surface area contributed by atoms with Crippen molar-refractivity contribution < 1.29 is 8.42 Å². The molecular weight excluding hydrogens is 276 g/mol. The van der Waals surface area contributed by atoms with Gasteiger partial charge in [-0.1, -0.05) is 0 Å². The maximum absolute atomic E-state index is 12.7. The Hall–Kier alpha value is -0.920. The second-order valence-electron chi connectivity index (χ2n) is 5.96. The topological polar surface area (TPSA) is 69.3 Å². The second kappa shape index (κ2) is 5.13. The number of fused-ring (bicyclic) bond motifs is 1. The van der Waals surface area contributed by atoms with Crippen LogP contribution in [0.1, 0.15) is 25.0 Å². The minimum atomic E-state index is -3.40. The van der Waals surface area contributed by atoms with E-state index in [1.54, 1.807) is 11.2 Å². The van der Waals surface area contributed by atoms with Gasteiger partial charge in [-0.25, -0.2) is 8.42 Å². The Bertz CT molecular complexity index is 583.